The Balaban J connectivity index is 4.34. The van der Waals surface area contributed by atoms with Crippen molar-refractivity contribution in [3.8, 4) is 0 Å². The summed E-state index contributed by atoms with van der Waals surface area (Å²) in [4.78, 5) is 35.9. The van der Waals surface area contributed by atoms with Gasteiger partial charge in [0.1, 0.15) is 6.42 Å². The first-order valence-electron chi connectivity index (χ1n) is 6.63. The van der Waals surface area contributed by atoms with Gasteiger partial charge in [0.2, 0.25) is 5.91 Å². The minimum absolute atomic E-state index is 0.0894. The molecule has 0 unspecified atom stereocenters. The monoisotopic (exact) mass is 289 g/mol. The Morgan fingerprint density at radius 3 is 2.10 bits per heavy atom. The summed E-state index contributed by atoms with van der Waals surface area (Å²) in [6, 6.07) is 0. The van der Waals surface area contributed by atoms with E-state index in [4.69, 9.17) is 14.2 Å². The molecule has 0 aromatic rings. The minimum atomic E-state index is -0.573. The molecule has 0 aliphatic carbocycles. The van der Waals surface area contributed by atoms with Gasteiger partial charge in [0.25, 0.3) is 0 Å². The Kier molecular flexibility index (Phi) is 10.3. The van der Waals surface area contributed by atoms with Gasteiger partial charge in [-0.1, -0.05) is 0 Å². The van der Waals surface area contributed by atoms with Gasteiger partial charge in [0.15, 0.2) is 0 Å². The number of rotatable bonds is 10. The van der Waals surface area contributed by atoms with Crippen LogP contribution in [0.2, 0.25) is 0 Å². The summed E-state index contributed by atoms with van der Waals surface area (Å²) in [6.45, 7) is 4.75. The summed E-state index contributed by atoms with van der Waals surface area (Å²) in [5, 5.41) is 0. The predicted molar refractivity (Wildman–Crippen MR) is 71.0 cm³/mol. The van der Waals surface area contributed by atoms with E-state index in [0.29, 0.717) is 19.8 Å². The third kappa shape index (κ3) is 8.47. The van der Waals surface area contributed by atoms with Crippen LogP contribution in [0.4, 0.5) is 0 Å². The lowest BCUT2D eigenvalue weighted by atomic mass is 10.3. The number of carbonyl (C=O) groups excluding carboxylic acids is 3. The average Bonchev–Trinajstić information content (AvgIpc) is 2.39. The van der Waals surface area contributed by atoms with Gasteiger partial charge in [-0.05, 0) is 13.8 Å². The van der Waals surface area contributed by atoms with Crippen molar-refractivity contribution in [3.05, 3.63) is 0 Å². The maximum atomic E-state index is 11.9. The van der Waals surface area contributed by atoms with Crippen molar-refractivity contribution in [1.29, 1.82) is 0 Å². The summed E-state index contributed by atoms with van der Waals surface area (Å²) in [5.74, 6) is -1.33. The number of esters is 2. The number of nitrogens with zero attached hydrogens (tertiary/aromatic N) is 1. The zero-order valence-corrected chi connectivity index (χ0v) is 12.3. The molecular weight excluding hydrogens is 266 g/mol. The van der Waals surface area contributed by atoms with Crippen LogP contribution in [-0.2, 0) is 28.6 Å². The molecule has 0 saturated carbocycles. The Bertz CT molecular complexity index is 318. The van der Waals surface area contributed by atoms with Crippen molar-refractivity contribution in [1.82, 2.24) is 4.90 Å². The van der Waals surface area contributed by atoms with E-state index in [1.54, 1.807) is 13.8 Å². The third-order valence-corrected chi connectivity index (χ3v) is 2.41. The fourth-order valence-electron chi connectivity index (χ4n) is 1.47. The van der Waals surface area contributed by atoms with Crippen LogP contribution in [0.1, 0.15) is 26.7 Å². The smallest absolute Gasteiger partial charge is 0.315 e. The van der Waals surface area contributed by atoms with Gasteiger partial charge in [-0.2, -0.15) is 0 Å². The number of amides is 1. The van der Waals surface area contributed by atoms with Gasteiger partial charge in [0.05, 0.1) is 26.2 Å². The van der Waals surface area contributed by atoms with Crippen molar-refractivity contribution in [3.63, 3.8) is 0 Å². The van der Waals surface area contributed by atoms with E-state index in [-0.39, 0.29) is 37.9 Å². The SMILES string of the molecule is CCOC(=O)CCN(CCOC)C(=O)CC(=O)OCC. The molecule has 0 N–H and O–H groups in total. The van der Waals surface area contributed by atoms with Gasteiger partial charge in [-0.3, -0.25) is 14.4 Å². The number of hydrogen-bond donors (Lipinski definition) is 0. The summed E-state index contributed by atoms with van der Waals surface area (Å²) in [6.07, 6.45) is -0.244. The Labute approximate surface area is 119 Å². The van der Waals surface area contributed by atoms with Gasteiger partial charge in [-0.25, -0.2) is 0 Å². The van der Waals surface area contributed by atoms with E-state index < -0.39 is 5.97 Å². The molecule has 0 spiro atoms. The fourth-order valence-corrected chi connectivity index (χ4v) is 1.47. The quantitative estimate of drug-likeness (QED) is 0.427. The molecule has 0 aromatic carbocycles. The molecule has 20 heavy (non-hydrogen) atoms. The van der Waals surface area contributed by atoms with E-state index >= 15 is 0 Å². The predicted octanol–water partition coefficient (Wildman–Crippen LogP) is 0.368. The van der Waals surface area contributed by atoms with Crippen molar-refractivity contribution in [2.75, 3.05) is 40.0 Å². The molecule has 1 amide bonds. The summed E-state index contributed by atoms with van der Waals surface area (Å²) < 4.78 is 14.4. The van der Waals surface area contributed by atoms with Crippen molar-refractivity contribution in [2.45, 2.75) is 26.7 Å². The molecular formula is C13H23NO6. The van der Waals surface area contributed by atoms with Crippen LogP contribution in [0.15, 0.2) is 0 Å². The second-order valence-electron chi connectivity index (χ2n) is 3.91. The van der Waals surface area contributed by atoms with Gasteiger partial charge in [0, 0.05) is 20.2 Å². The molecule has 0 aliphatic heterocycles. The minimum Gasteiger partial charge on any atom is -0.466 e. The van der Waals surface area contributed by atoms with Gasteiger partial charge >= 0.3 is 11.9 Å². The maximum absolute atomic E-state index is 11.9. The third-order valence-electron chi connectivity index (χ3n) is 2.41. The normalized spacial score (nSPS) is 9.95. The van der Waals surface area contributed by atoms with Crippen LogP contribution in [0.25, 0.3) is 0 Å². The molecule has 0 aliphatic rings. The van der Waals surface area contributed by atoms with E-state index in [2.05, 4.69) is 0 Å². The molecule has 0 atom stereocenters. The lowest BCUT2D eigenvalue weighted by molar-refractivity contribution is -0.149. The van der Waals surface area contributed by atoms with Crippen molar-refractivity contribution >= 4 is 17.8 Å². The summed E-state index contributed by atoms with van der Waals surface area (Å²) in [7, 11) is 1.51. The lowest BCUT2D eigenvalue weighted by Crippen LogP contribution is -2.37. The van der Waals surface area contributed by atoms with E-state index in [1.165, 1.54) is 12.0 Å². The number of methoxy groups -OCH3 is 1. The highest BCUT2D eigenvalue weighted by Gasteiger charge is 2.19. The Morgan fingerprint density at radius 2 is 1.55 bits per heavy atom. The topological polar surface area (TPSA) is 82.1 Å². The molecule has 7 heteroatoms. The highest BCUT2D eigenvalue weighted by atomic mass is 16.5. The standard InChI is InChI=1S/C13H23NO6/c1-4-19-12(16)6-7-14(8-9-18-3)11(15)10-13(17)20-5-2/h4-10H2,1-3H3. The second-order valence-corrected chi connectivity index (χ2v) is 3.91. The molecule has 0 fully saturated rings. The highest BCUT2D eigenvalue weighted by Crippen LogP contribution is 2.00. The number of ether oxygens (including phenoxy) is 3. The molecule has 0 radical (unpaired) electrons. The fraction of sp³-hybridized carbons (Fsp3) is 0.769. The largest absolute Gasteiger partial charge is 0.466 e. The molecule has 0 heterocycles. The van der Waals surface area contributed by atoms with Crippen molar-refractivity contribution < 1.29 is 28.6 Å². The Morgan fingerprint density at radius 1 is 0.950 bits per heavy atom. The molecule has 0 saturated heterocycles. The lowest BCUT2D eigenvalue weighted by Gasteiger charge is -2.21. The van der Waals surface area contributed by atoms with Gasteiger partial charge in [-0.15, -0.1) is 0 Å². The highest BCUT2D eigenvalue weighted by molar-refractivity contribution is 5.94. The Hall–Kier alpha value is -1.63. The van der Waals surface area contributed by atoms with Crippen molar-refractivity contribution in [2.24, 2.45) is 0 Å². The molecule has 0 bridgehead atoms. The number of carbonyl (C=O) groups is 3. The number of hydrogen-bond acceptors (Lipinski definition) is 6. The van der Waals surface area contributed by atoms with E-state index in [9.17, 15) is 14.4 Å². The molecule has 116 valence electrons. The van der Waals surface area contributed by atoms with Crippen LogP contribution in [0, 0.1) is 0 Å². The summed E-state index contributed by atoms with van der Waals surface area (Å²) in [5.41, 5.74) is 0. The van der Waals surface area contributed by atoms with Crippen LogP contribution < -0.4 is 0 Å². The van der Waals surface area contributed by atoms with Crippen LogP contribution in [-0.4, -0.2) is 62.8 Å². The molecule has 7 nitrogen and oxygen atoms in total. The average molecular weight is 289 g/mol. The van der Waals surface area contributed by atoms with Crippen LogP contribution in [0.3, 0.4) is 0 Å². The second kappa shape index (κ2) is 11.2. The summed E-state index contributed by atoms with van der Waals surface area (Å²) >= 11 is 0. The zero-order valence-electron chi connectivity index (χ0n) is 12.3. The first-order valence-corrected chi connectivity index (χ1v) is 6.63. The maximum Gasteiger partial charge on any atom is 0.315 e. The van der Waals surface area contributed by atoms with Crippen LogP contribution in [0.5, 0.6) is 0 Å². The molecule has 0 aromatic heterocycles. The first kappa shape index (κ1) is 18.4. The van der Waals surface area contributed by atoms with Crippen LogP contribution >= 0.6 is 0 Å². The van der Waals surface area contributed by atoms with E-state index in [1.807, 2.05) is 0 Å². The zero-order chi connectivity index (χ0) is 15.4. The first-order chi connectivity index (χ1) is 9.54. The van der Waals surface area contributed by atoms with E-state index in [0.717, 1.165) is 0 Å². The molecule has 0 rings (SSSR count). The van der Waals surface area contributed by atoms with Gasteiger partial charge < -0.3 is 19.1 Å².